The zero-order chi connectivity index (χ0) is 37.1. The molecule has 0 N–H and O–H groups in total. The molecule has 1 aromatic heterocycles. The number of aryl methyl sites for hydroxylation is 1. The summed E-state index contributed by atoms with van der Waals surface area (Å²) >= 11 is 0. The summed E-state index contributed by atoms with van der Waals surface area (Å²) in [6.07, 6.45) is 2.10. The van der Waals surface area contributed by atoms with Crippen LogP contribution in [0.3, 0.4) is 0 Å². The van der Waals surface area contributed by atoms with Crippen molar-refractivity contribution in [2.75, 3.05) is 26.7 Å². The molecule has 51 heavy (non-hydrogen) atoms. The Kier molecular flexibility index (Phi) is 11.5. The van der Waals surface area contributed by atoms with Crippen molar-refractivity contribution < 1.29 is 37.0 Å². The van der Waals surface area contributed by atoms with E-state index in [1.807, 2.05) is 59.0 Å². The van der Waals surface area contributed by atoms with Gasteiger partial charge in [0.1, 0.15) is 28.0 Å². The third kappa shape index (κ3) is 9.08. The Morgan fingerprint density at radius 2 is 1.76 bits per heavy atom. The Morgan fingerprint density at radius 1 is 1.06 bits per heavy atom. The summed E-state index contributed by atoms with van der Waals surface area (Å²) in [4.78, 5) is 27.4. The molecule has 1 amide bonds. The van der Waals surface area contributed by atoms with Gasteiger partial charge in [-0.25, -0.2) is 13.2 Å². The number of nitrogens with zero attached hydrogens (tertiary/aromatic N) is 5. The lowest BCUT2D eigenvalue weighted by molar-refractivity contribution is -0.162. The number of carbonyl (C=O) groups excluding carboxylic acids is 2. The molecule has 13 nitrogen and oxygen atoms in total. The van der Waals surface area contributed by atoms with Gasteiger partial charge in [-0.1, -0.05) is 35.5 Å². The van der Waals surface area contributed by atoms with Gasteiger partial charge in [-0.3, -0.25) is 9.48 Å². The first-order valence-corrected chi connectivity index (χ1v) is 18.8. The van der Waals surface area contributed by atoms with Crippen LogP contribution in [0.25, 0.3) is 0 Å². The zero-order valence-corrected chi connectivity index (χ0v) is 31.7. The smallest absolute Gasteiger partial charge is 0.410 e. The lowest BCUT2D eigenvalue weighted by Gasteiger charge is -2.33. The number of carbonyl (C=O) groups is 2. The first kappa shape index (κ1) is 38.2. The van der Waals surface area contributed by atoms with Crippen LogP contribution >= 0.6 is 0 Å². The van der Waals surface area contributed by atoms with Crippen LogP contribution in [0.5, 0.6) is 5.75 Å². The molecule has 2 aromatic carbocycles. The van der Waals surface area contributed by atoms with Gasteiger partial charge >= 0.3 is 12.1 Å². The van der Waals surface area contributed by atoms with Crippen molar-refractivity contribution in [3.63, 3.8) is 0 Å². The van der Waals surface area contributed by atoms with E-state index in [1.165, 1.54) is 11.4 Å². The minimum atomic E-state index is -3.85. The number of hydrogen-bond acceptors (Lipinski definition) is 10. The van der Waals surface area contributed by atoms with Crippen LogP contribution in [0.2, 0.25) is 0 Å². The Morgan fingerprint density at radius 3 is 2.45 bits per heavy atom. The molecule has 2 aliphatic rings. The number of likely N-dealkylation sites (tertiary alicyclic amines) is 1. The molecular formula is C37H51N5O8S. The van der Waals surface area contributed by atoms with Gasteiger partial charge in [0.15, 0.2) is 0 Å². The summed E-state index contributed by atoms with van der Waals surface area (Å²) in [5.41, 5.74) is 1.34. The Balaban J connectivity index is 1.30. The number of para-hydroxylation sites is 1. The molecule has 3 aromatic rings. The van der Waals surface area contributed by atoms with Crippen molar-refractivity contribution in [2.45, 2.75) is 104 Å². The summed E-state index contributed by atoms with van der Waals surface area (Å²) in [5.74, 6) is 0.215. The molecule has 5 rings (SSSR count). The van der Waals surface area contributed by atoms with Crippen molar-refractivity contribution in [1.82, 2.24) is 24.2 Å². The average molecular weight is 726 g/mol. The molecular weight excluding hydrogens is 675 g/mol. The number of hydrogen-bond donors (Lipinski definition) is 0. The molecule has 14 heteroatoms. The summed E-state index contributed by atoms with van der Waals surface area (Å²) in [6.45, 7) is 15.2. The van der Waals surface area contributed by atoms with Gasteiger partial charge < -0.3 is 23.8 Å². The maximum Gasteiger partial charge on any atom is 0.410 e. The van der Waals surface area contributed by atoms with Crippen LogP contribution in [0.15, 0.2) is 53.6 Å². The van der Waals surface area contributed by atoms with Crippen LogP contribution in [-0.4, -0.2) is 83.1 Å². The minimum absolute atomic E-state index is 0.0809. The molecule has 1 saturated heterocycles. The van der Waals surface area contributed by atoms with E-state index >= 15 is 0 Å². The molecule has 0 aliphatic carbocycles. The number of piperidine rings is 1. The van der Waals surface area contributed by atoms with Crippen LogP contribution in [-0.2, 0) is 48.7 Å². The highest BCUT2D eigenvalue weighted by atomic mass is 32.2. The van der Waals surface area contributed by atoms with Crippen molar-refractivity contribution in [3.8, 4) is 5.75 Å². The second kappa shape index (κ2) is 15.3. The third-order valence-electron chi connectivity index (χ3n) is 9.34. The van der Waals surface area contributed by atoms with Gasteiger partial charge in [0, 0.05) is 26.2 Å². The van der Waals surface area contributed by atoms with Crippen LogP contribution in [0, 0.1) is 18.3 Å². The molecule has 2 atom stereocenters. The number of amides is 1. The quantitative estimate of drug-likeness (QED) is 0.240. The largest absolute Gasteiger partial charge is 0.488 e. The second-order valence-corrected chi connectivity index (χ2v) is 17.0. The highest BCUT2D eigenvalue weighted by molar-refractivity contribution is 7.89. The maximum atomic E-state index is 13.8. The molecule has 2 aliphatic heterocycles. The standard InChI is InChI=1S/C37H51N5O8S/c1-25-13-14-28(19-29(25)22-42-20-26(2)49-31-11-9-10-12-32(31)51(42,45)46)33(37(6,7)34(43)47-8)48-24-30-23-41(39-38-30)21-27-15-17-40(18-16-27)35(44)50-36(3,4)5/h9-14,19,23,26-27,33H,15-18,20-22,24H2,1-8H3/t26-,33?/m1/s1. The molecule has 1 unspecified atom stereocenters. The van der Waals surface area contributed by atoms with E-state index < -0.39 is 33.1 Å². The fourth-order valence-corrected chi connectivity index (χ4v) is 8.16. The van der Waals surface area contributed by atoms with Crippen molar-refractivity contribution in [1.29, 1.82) is 0 Å². The van der Waals surface area contributed by atoms with Gasteiger partial charge in [-0.2, -0.15) is 4.31 Å². The van der Waals surface area contributed by atoms with Gasteiger partial charge in [-0.15, -0.1) is 5.10 Å². The number of fused-ring (bicyclic) bond motifs is 1. The fourth-order valence-electron chi connectivity index (χ4n) is 6.55. The predicted octanol–water partition coefficient (Wildman–Crippen LogP) is 5.66. The van der Waals surface area contributed by atoms with Gasteiger partial charge in [0.05, 0.1) is 38.0 Å². The number of methoxy groups -OCH3 is 1. The summed E-state index contributed by atoms with van der Waals surface area (Å²) < 4.78 is 53.9. The normalized spacial score (nSPS) is 19.1. The van der Waals surface area contributed by atoms with Crippen molar-refractivity contribution in [3.05, 3.63) is 71.0 Å². The summed E-state index contributed by atoms with van der Waals surface area (Å²) in [7, 11) is -2.51. The molecule has 3 heterocycles. The molecule has 278 valence electrons. The van der Waals surface area contributed by atoms with Crippen molar-refractivity contribution in [2.24, 2.45) is 11.3 Å². The summed E-state index contributed by atoms with van der Waals surface area (Å²) in [6, 6.07) is 12.4. The summed E-state index contributed by atoms with van der Waals surface area (Å²) in [5, 5.41) is 8.67. The molecule has 0 bridgehead atoms. The van der Waals surface area contributed by atoms with Crippen LogP contribution in [0.4, 0.5) is 4.79 Å². The Hall–Kier alpha value is -4.01. The van der Waals surface area contributed by atoms with E-state index in [4.69, 9.17) is 18.9 Å². The van der Waals surface area contributed by atoms with E-state index in [0.717, 1.165) is 24.0 Å². The third-order valence-corrected chi connectivity index (χ3v) is 11.2. The second-order valence-electron chi connectivity index (χ2n) is 15.1. The zero-order valence-electron chi connectivity index (χ0n) is 30.9. The molecule has 1 fully saturated rings. The first-order valence-electron chi connectivity index (χ1n) is 17.4. The number of esters is 1. The SMILES string of the molecule is COC(=O)C(C)(C)C(OCc1cn(CC2CCN(C(=O)OC(C)(C)C)CC2)nn1)c1ccc(C)c(CN2C[C@@H](C)Oc3ccccc3S2(=O)=O)c1. The van der Waals surface area contributed by atoms with Gasteiger partial charge in [0.25, 0.3) is 0 Å². The minimum Gasteiger partial charge on any atom is -0.488 e. The molecule has 0 spiro atoms. The molecule has 0 saturated carbocycles. The monoisotopic (exact) mass is 725 g/mol. The van der Waals surface area contributed by atoms with E-state index in [1.54, 1.807) is 47.7 Å². The van der Waals surface area contributed by atoms with Gasteiger partial charge in [-0.05, 0) is 96.0 Å². The van der Waals surface area contributed by atoms with Crippen LogP contribution < -0.4 is 4.74 Å². The number of aromatic nitrogens is 3. The number of benzene rings is 2. The Bertz CT molecular complexity index is 1810. The number of ether oxygens (including phenoxy) is 4. The average Bonchev–Trinajstić information content (AvgIpc) is 3.48. The fraction of sp³-hybridized carbons (Fsp3) is 0.568. The first-order chi connectivity index (χ1) is 24.0. The number of rotatable bonds is 10. The molecule has 0 radical (unpaired) electrons. The highest BCUT2D eigenvalue weighted by Crippen LogP contribution is 2.40. The predicted molar refractivity (Wildman–Crippen MR) is 189 cm³/mol. The van der Waals surface area contributed by atoms with E-state index in [9.17, 15) is 18.0 Å². The van der Waals surface area contributed by atoms with Crippen LogP contribution in [0.1, 0.15) is 82.9 Å². The van der Waals surface area contributed by atoms with E-state index in [0.29, 0.717) is 42.6 Å². The topological polar surface area (TPSA) is 142 Å². The maximum absolute atomic E-state index is 13.8. The van der Waals surface area contributed by atoms with Crippen molar-refractivity contribution >= 4 is 22.1 Å². The van der Waals surface area contributed by atoms with Gasteiger partial charge in [0.2, 0.25) is 10.0 Å². The van der Waals surface area contributed by atoms with E-state index in [2.05, 4.69) is 10.3 Å². The number of sulfonamides is 1. The Labute approximate surface area is 301 Å². The highest BCUT2D eigenvalue weighted by Gasteiger charge is 2.41. The lowest BCUT2D eigenvalue weighted by Crippen LogP contribution is -2.42. The van der Waals surface area contributed by atoms with E-state index in [-0.39, 0.29) is 36.8 Å². The lowest BCUT2D eigenvalue weighted by atomic mass is 9.81.